The Kier molecular flexibility index (Phi) is 6.69. The smallest absolute Gasteiger partial charge is 0.286 e. The summed E-state index contributed by atoms with van der Waals surface area (Å²) in [6, 6.07) is 16.3. The number of benzene rings is 2. The number of carbonyl (C=O) groups excluding carboxylic acids is 2. The second-order valence-electron chi connectivity index (χ2n) is 5.83. The fourth-order valence-corrected chi connectivity index (χ4v) is 3.13. The van der Waals surface area contributed by atoms with Crippen LogP contribution in [0.15, 0.2) is 54.6 Å². The van der Waals surface area contributed by atoms with Gasteiger partial charge in [-0.1, -0.05) is 29.5 Å². The van der Waals surface area contributed by atoms with Gasteiger partial charge in [-0.05, 0) is 43.3 Å². The van der Waals surface area contributed by atoms with Crippen LogP contribution in [0.2, 0.25) is 0 Å². The standard InChI is InChI=1S/C20H20N4O3S/c1-2-27-16-10-8-15(9-11-16)21-17(25)12-13-18-23-24-20(28-18)19(26)22-14-6-4-3-5-7-14/h3-11H,2,12-13H2,1H3,(H,21,25)(H,22,26). The molecule has 2 N–H and O–H groups in total. The maximum absolute atomic E-state index is 12.2. The maximum atomic E-state index is 12.2. The first kappa shape index (κ1) is 19.5. The Bertz CT molecular complexity index is 926. The number of amides is 2. The first-order valence-corrected chi connectivity index (χ1v) is 9.67. The van der Waals surface area contributed by atoms with E-state index in [1.807, 2.05) is 37.3 Å². The van der Waals surface area contributed by atoms with Crippen molar-refractivity contribution in [2.45, 2.75) is 19.8 Å². The van der Waals surface area contributed by atoms with Gasteiger partial charge in [-0.3, -0.25) is 9.59 Å². The predicted molar refractivity (Wildman–Crippen MR) is 109 cm³/mol. The van der Waals surface area contributed by atoms with Crippen LogP contribution < -0.4 is 15.4 Å². The van der Waals surface area contributed by atoms with E-state index in [-0.39, 0.29) is 23.2 Å². The van der Waals surface area contributed by atoms with E-state index in [4.69, 9.17) is 4.74 Å². The number of nitrogens with one attached hydrogen (secondary N) is 2. The Labute approximate surface area is 166 Å². The summed E-state index contributed by atoms with van der Waals surface area (Å²) in [6.07, 6.45) is 0.668. The molecule has 0 fully saturated rings. The first-order valence-electron chi connectivity index (χ1n) is 8.85. The topological polar surface area (TPSA) is 93.2 Å². The number of aryl methyl sites for hydroxylation is 1. The van der Waals surface area contributed by atoms with Crippen molar-refractivity contribution >= 4 is 34.5 Å². The van der Waals surface area contributed by atoms with Crippen molar-refractivity contribution in [3.63, 3.8) is 0 Å². The lowest BCUT2D eigenvalue weighted by molar-refractivity contribution is -0.116. The van der Waals surface area contributed by atoms with Gasteiger partial charge in [0.25, 0.3) is 5.91 Å². The molecule has 0 aliphatic carbocycles. The predicted octanol–water partition coefficient (Wildman–Crippen LogP) is 3.76. The zero-order chi connectivity index (χ0) is 19.8. The lowest BCUT2D eigenvalue weighted by Crippen LogP contribution is -2.12. The summed E-state index contributed by atoms with van der Waals surface area (Å²) in [6.45, 7) is 2.51. The Morgan fingerprint density at radius 3 is 2.39 bits per heavy atom. The molecule has 0 radical (unpaired) electrons. The maximum Gasteiger partial charge on any atom is 0.286 e. The van der Waals surface area contributed by atoms with Crippen molar-refractivity contribution in [2.24, 2.45) is 0 Å². The molecule has 0 bridgehead atoms. The van der Waals surface area contributed by atoms with E-state index in [1.54, 1.807) is 24.3 Å². The van der Waals surface area contributed by atoms with Crippen LogP contribution >= 0.6 is 11.3 Å². The molecule has 0 atom stereocenters. The van der Waals surface area contributed by atoms with Crippen molar-refractivity contribution in [1.29, 1.82) is 0 Å². The Morgan fingerprint density at radius 2 is 1.68 bits per heavy atom. The van der Waals surface area contributed by atoms with Crippen LogP contribution in [0, 0.1) is 0 Å². The van der Waals surface area contributed by atoms with Gasteiger partial charge in [-0.2, -0.15) is 0 Å². The number of ether oxygens (including phenoxy) is 1. The van der Waals surface area contributed by atoms with E-state index in [0.717, 1.165) is 5.75 Å². The van der Waals surface area contributed by atoms with Crippen LogP contribution in [-0.2, 0) is 11.2 Å². The van der Waals surface area contributed by atoms with Gasteiger partial charge >= 0.3 is 0 Å². The minimum absolute atomic E-state index is 0.130. The highest BCUT2D eigenvalue weighted by Gasteiger charge is 2.14. The molecular formula is C20H20N4O3S. The molecule has 3 aromatic rings. The minimum atomic E-state index is -0.311. The fourth-order valence-electron chi connectivity index (χ4n) is 2.40. The molecule has 0 saturated carbocycles. The molecule has 7 nitrogen and oxygen atoms in total. The molecule has 28 heavy (non-hydrogen) atoms. The summed E-state index contributed by atoms with van der Waals surface area (Å²) in [7, 11) is 0. The van der Waals surface area contributed by atoms with Crippen molar-refractivity contribution in [2.75, 3.05) is 17.2 Å². The molecule has 0 aliphatic heterocycles. The number of para-hydroxylation sites is 1. The van der Waals surface area contributed by atoms with E-state index in [2.05, 4.69) is 20.8 Å². The Balaban J connectivity index is 1.48. The fraction of sp³-hybridized carbons (Fsp3) is 0.200. The van der Waals surface area contributed by atoms with E-state index in [0.29, 0.717) is 29.4 Å². The summed E-state index contributed by atoms with van der Waals surface area (Å²) in [5.74, 6) is 0.319. The number of carbonyl (C=O) groups is 2. The van der Waals surface area contributed by atoms with Crippen LogP contribution in [0.25, 0.3) is 0 Å². The number of hydrogen-bond donors (Lipinski definition) is 2. The van der Waals surface area contributed by atoms with Crippen LogP contribution in [0.3, 0.4) is 0 Å². The van der Waals surface area contributed by atoms with E-state index < -0.39 is 0 Å². The average molecular weight is 396 g/mol. The van der Waals surface area contributed by atoms with Crippen LogP contribution in [0.5, 0.6) is 5.75 Å². The van der Waals surface area contributed by atoms with E-state index in [1.165, 1.54) is 11.3 Å². The molecule has 1 aromatic heterocycles. The molecule has 8 heteroatoms. The van der Waals surface area contributed by atoms with Crippen LogP contribution in [-0.4, -0.2) is 28.6 Å². The SMILES string of the molecule is CCOc1ccc(NC(=O)CCc2nnc(C(=O)Nc3ccccc3)s2)cc1. The number of nitrogens with zero attached hydrogens (tertiary/aromatic N) is 2. The molecule has 0 aliphatic rings. The van der Waals surface area contributed by atoms with Gasteiger partial charge in [0.1, 0.15) is 10.8 Å². The molecule has 0 saturated heterocycles. The third-order valence-electron chi connectivity index (χ3n) is 3.71. The number of rotatable bonds is 8. The largest absolute Gasteiger partial charge is 0.494 e. The van der Waals surface area contributed by atoms with Crippen molar-refractivity contribution in [1.82, 2.24) is 10.2 Å². The highest BCUT2D eigenvalue weighted by atomic mass is 32.1. The normalized spacial score (nSPS) is 10.3. The molecule has 144 valence electrons. The highest BCUT2D eigenvalue weighted by molar-refractivity contribution is 7.13. The quantitative estimate of drug-likeness (QED) is 0.605. The third-order valence-corrected chi connectivity index (χ3v) is 4.69. The van der Waals surface area contributed by atoms with Gasteiger partial charge < -0.3 is 15.4 Å². The van der Waals surface area contributed by atoms with Gasteiger partial charge in [0.2, 0.25) is 10.9 Å². The molecule has 3 rings (SSSR count). The van der Waals surface area contributed by atoms with Crippen LogP contribution in [0.4, 0.5) is 11.4 Å². The van der Waals surface area contributed by atoms with Gasteiger partial charge in [-0.25, -0.2) is 0 Å². The number of aromatic nitrogens is 2. The molecule has 0 unspecified atom stereocenters. The molecular weight excluding hydrogens is 376 g/mol. The van der Waals surface area contributed by atoms with Gasteiger partial charge in [0, 0.05) is 24.2 Å². The zero-order valence-corrected chi connectivity index (χ0v) is 16.2. The van der Waals surface area contributed by atoms with E-state index >= 15 is 0 Å². The zero-order valence-electron chi connectivity index (χ0n) is 15.3. The summed E-state index contributed by atoms with van der Waals surface area (Å²) in [4.78, 5) is 24.3. The number of hydrogen-bond acceptors (Lipinski definition) is 6. The summed E-state index contributed by atoms with van der Waals surface area (Å²) < 4.78 is 5.37. The average Bonchev–Trinajstić information content (AvgIpc) is 3.18. The van der Waals surface area contributed by atoms with Crippen molar-refractivity contribution in [3.05, 3.63) is 64.6 Å². The summed E-state index contributed by atoms with van der Waals surface area (Å²) in [5.41, 5.74) is 1.40. The number of anilines is 2. The molecule has 2 amide bonds. The van der Waals surface area contributed by atoms with Crippen molar-refractivity contribution in [3.8, 4) is 5.75 Å². The molecule has 2 aromatic carbocycles. The first-order chi connectivity index (χ1) is 13.6. The summed E-state index contributed by atoms with van der Waals surface area (Å²) in [5, 5.41) is 14.4. The lowest BCUT2D eigenvalue weighted by atomic mass is 10.2. The molecule has 1 heterocycles. The van der Waals surface area contributed by atoms with Crippen molar-refractivity contribution < 1.29 is 14.3 Å². The highest BCUT2D eigenvalue weighted by Crippen LogP contribution is 2.17. The third kappa shape index (κ3) is 5.62. The minimum Gasteiger partial charge on any atom is -0.494 e. The monoisotopic (exact) mass is 396 g/mol. The van der Waals surface area contributed by atoms with Gasteiger partial charge in [-0.15, -0.1) is 10.2 Å². The Morgan fingerprint density at radius 1 is 0.964 bits per heavy atom. The molecule has 0 spiro atoms. The lowest BCUT2D eigenvalue weighted by Gasteiger charge is -2.06. The van der Waals surface area contributed by atoms with Gasteiger partial charge in [0.15, 0.2) is 0 Å². The summed E-state index contributed by atoms with van der Waals surface area (Å²) >= 11 is 1.19. The van der Waals surface area contributed by atoms with Crippen LogP contribution in [0.1, 0.15) is 28.2 Å². The second kappa shape index (κ2) is 9.61. The second-order valence-corrected chi connectivity index (χ2v) is 6.89. The van der Waals surface area contributed by atoms with E-state index in [9.17, 15) is 9.59 Å². The van der Waals surface area contributed by atoms with Gasteiger partial charge in [0.05, 0.1) is 6.61 Å². The Hall–Kier alpha value is -3.26.